The van der Waals surface area contributed by atoms with Crippen LogP contribution in [0.15, 0.2) is 60.7 Å². The lowest BCUT2D eigenvalue weighted by Gasteiger charge is -2.51. The molecular formula is C25H25ClN2O4. The fourth-order valence-electron chi connectivity index (χ4n) is 4.83. The number of nitrogens with one attached hydrogen (secondary N) is 1. The van der Waals surface area contributed by atoms with Gasteiger partial charge < -0.3 is 15.5 Å². The van der Waals surface area contributed by atoms with Gasteiger partial charge in [0.1, 0.15) is 0 Å². The number of carboxylic acids is 2. The summed E-state index contributed by atoms with van der Waals surface area (Å²) in [7, 11) is 0. The zero-order valence-corrected chi connectivity index (χ0v) is 18.3. The number of benzene rings is 2. The quantitative estimate of drug-likeness (QED) is 0.540. The Bertz CT molecular complexity index is 1050. The van der Waals surface area contributed by atoms with Crippen LogP contribution < -0.4 is 5.32 Å². The Morgan fingerprint density at radius 1 is 1.09 bits per heavy atom. The Morgan fingerprint density at radius 3 is 2.41 bits per heavy atom. The van der Waals surface area contributed by atoms with Gasteiger partial charge in [0.15, 0.2) is 0 Å². The lowest BCUT2D eigenvalue weighted by Crippen LogP contribution is -2.62. The van der Waals surface area contributed by atoms with Crippen LogP contribution >= 0.6 is 11.6 Å². The normalized spacial score (nSPS) is 25.3. The number of rotatable bonds is 8. The van der Waals surface area contributed by atoms with Crippen LogP contribution in [-0.2, 0) is 9.59 Å². The fraction of sp³-hybridized carbons (Fsp3) is 0.320. The number of piperidine rings is 1. The summed E-state index contributed by atoms with van der Waals surface area (Å²) in [5.41, 5.74) is -1.44. The molecule has 0 radical (unpaired) electrons. The van der Waals surface area contributed by atoms with Crippen molar-refractivity contribution in [2.24, 2.45) is 10.8 Å². The molecule has 32 heavy (non-hydrogen) atoms. The first-order valence-electron chi connectivity index (χ1n) is 10.4. The summed E-state index contributed by atoms with van der Waals surface area (Å²) in [6.45, 7) is 0.166. The van der Waals surface area contributed by atoms with Gasteiger partial charge in [0.2, 0.25) is 0 Å². The molecule has 1 aliphatic rings. The number of allylic oxidation sites excluding steroid dienone is 1. The van der Waals surface area contributed by atoms with Crippen molar-refractivity contribution in [2.75, 3.05) is 13.1 Å². The van der Waals surface area contributed by atoms with E-state index in [1.54, 1.807) is 30.3 Å². The molecule has 2 aromatic rings. The summed E-state index contributed by atoms with van der Waals surface area (Å²) >= 11 is 6.22. The van der Waals surface area contributed by atoms with E-state index in [4.69, 9.17) is 11.6 Å². The molecule has 0 saturated carbocycles. The molecule has 0 aliphatic carbocycles. The van der Waals surface area contributed by atoms with Crippen molar-refractivity contribution in [1.82, 2.24) is 5.32 Å². The van der Waals surface area contributed by atoms with E-state index < -0.39 is 28.7 Å². The molecule has 1 aliphatic heterocycles. The van der Waals surface area contributed by atoms with Crippen molar-refractivity contribution in [3.63, 3.8) is 0 Å². The van der Waals surface area contributed by atoms with E-state index >= 15 is 0 Å². The van der Waals surface area contributed by atoms with Gasteiger partial charge in [-0.2, -0.15) is 5.26 Å². The molecule has 3 unspecified atom stereocenters. The van der Waals surface area contributed by atoms with E-state index in [1.807, 2.05) is 42.5 Å². The van der Waals surface area contributed by atoms with E-state index in [2.05, 4.69) is 5.32 Å². The van der Waals surface area contributed by atoms with Crippen LogP contribution in [0.1, 0.15) is 36.3 Å². The lowest BCUT2D eigenvalue weighted by molar-refractivity contribution is -0.165. The second kappa shape index (κ2) is 9.99. The predicted octanol–water partition coefficient (Wildman–Crippen LogP) is 4.58. The highest BCUT2D eigenvalue weighted by Crippen LogP contribution is 2.55. The van der Waals surface area contributed by atoms with Crippen LogP contribution in [-0.4, -0.2) is 35.2 Å². The molecule has 1 saturated heterocycles. The number of nitriles is 1. The fourth-order valence-corrected chi connectivity index (χ4v) is 5.03. The first kappa shape index (κ1) is 23.5. The maximum Gasteiger partial charge on any atom is 0.311 e. The third-order valence-electron chi connectivity index (χ3n) is 6.29. The molecular weight excluding hydrogens is 428 g/mol. The van der Waals surface area contributed by atoms with Crippen LogP contribution in [0.3, 0.4) is 0 Å². The number of aliphatic carboxylic acids is 2. The Labute approximate surface area is 192 Å². The molecule has 3 N–H and O–H groups in total. The molecule has 3 atom stereocenters. The van der Waals surface area contributed by atoms with Gasteiger partial charge in [0, 0.05) is 30.5 Å². The Kier molecular flexibility index (Phi) is 7.34. The Morgan fingerprint density at radius 2 is 1.78 bits per heavy atom. The van der Waals surface area contributed by atoms with Crippen LogP contribution in [0.5, 0.6) is 0 Å². The van der Waals surface area contributed by atoms with E-state index in [1.165, 1.54) is 0 Å². The molecule has 7 heteroatoms. The number of carbonyl (C=O) groups is 2. The third kappa shape index (κ3) is 4.55. The molecule has 6 nitrogen and oxygen atoms in total. The van der Waals surface area contributed by atoms with Crippen LogP contribution in [0.2, 0.25) is 5.02 Å². The minimum absolute atomic E-state index is 0.000595. The molecule has 2 aromatic carbocycles. The minimum atomic E-state index is -1.47. The van der Waals surface area contributed by atoms with Crippen molar-refractivity contribution >= 4 is 29.6 Å². The summed E-state index contributed by atoms with van der Waals surface area (Å²) in [6, 6.07) is 18.2. The van der Waals surface area contributed by atoms with Gasteiger partial charge in [0.25, 0.3) is 0 Å². The third-order valence-corrected chi connectivity index (χ3v) is 6.53. The minimum Gasteiger partial charge on any atom is -0.481 e. The van der Waals surface area contributed by atoms with Gasteiger partial charge >= 0.3 is 11.9 Å². The van der Waals surface area contributed by atoms with Gasteiger partial charge in [0.05, 0.1) is 16.9 Å². The highest BCUT2D eigenvalue weighted by Gasteiger charge is 2.61. The van der Waals surface area contributed by atoms with Crippen LogP contribution in [0.25, 0.3) is 6.08 Å². The molecule has 0 amide bonds. The van der Waals surface area contributed by atoms with E-state index in [-0.39, 0.29) is 32.4 Å². The molecule has 0 bridgehead atoms. The maximum atomic E-state index is 12.8. The van der Waals surface area contributed by atoms with E-state index in [0.29, 0.717) is 10.6 Å². The van der Waals surface area contributed by atoms with Crippen molar-refractivity contribution < 1.29 is 19.8 Å². The zero-order valence-electron chi connectivity index (χ0n) is 17.5. The van der Waals surface area contributed by atoms with Crippen LogP contribution in [0.4, 0.5) is 0 Å². The summed E-state index contributed by atoms with van der Waals surface area (Å²) in [5, 5.41) is 33.5. The van der Waals surface area contributed by atoms with Gasteiger partial charge in [-0.25, -0.2) is 0 Å². The second-order valence-electron chi connectivity index (χ2n) is 8.19. The molecule has 166 valence electrons. The first-order chi connectivity index (χ1) is 15.4. The number of hydrogen-bond donors (Lipinski definition) is 3. The highest BCUT2D eigenvalue weighted by molar-refractivity contribution is 6.30. The first-order valence-corrected chi connectivity index (χ1v) is 10.7. The average molecular weight is 453 g/mol. The largest absolute Gasteiger partial charge is 0.481 e. The number of nitrogens with zero attached hydrogens (tertiary/aromatic N) is 1. The Balaban J connectivity index is 2.15. The Hall–Kier alpha value is -3.14. The maximum absolute atomic E-state index is 12.8. The monoisotopic (exact) mass is 452 g/mol. The van der Waals surface area contributed by atoms with Crippen molar-refractivity contribution in [2.45, 2.75) is 25.2 Å². The van der Waals surface area contributed by atoms with Crippen molar-refractivity contribution in [3.05, 3.63) is 76.8 Å². The van der Waals surface area contributed by atoms with Gasteiger partial charge in [-0.3, -0.25) is 9.59 Å². The smallest absolute Gasteiger partial charge is 0.311 e. The van der Waals surface area contributed by atoms with Crippen molar-refractivity contribution in [3.8, 4) is 6.07 Å². The standard InChI is InChI=1S/C25H25ClN2O4/c26-20-11-4-10-19(15-20)21-24(22(29)30,12-5-9-18-7-2-1-3-8-18)16-28-17-25(21,23(31)32)13-6-14-27/h1-5,7-11,15,21,28H,6,12-13,16-17H2,(H,29,30)(H,31,32). The highest BCUT2D eigenvalue weighted by atomic mass is 35.5. The van der Waals surface area contributed by atoms with E-state index in [0.717, 1.165) is 5.56 Å². The SMILES string of the molecule is N#CCCC1(C(=O)O)CNCC(CC=Cc2ccccc2)(C(=O)O)C1c1cccc(Cl)c1. The molecule has 1 fully saturated rings. The summed E-state index contributed by atoms with van der Waals surface area (Å²) in [4.78, 5) is 25.5. The summed E-state index contributed by atoms with van der Waals surface area (Å²) in [6.07, 6.45) is 3.76. The summed E-state index contributed by atoms with van der Waals surface area (Å²) in [5.74, 6) is -3.10. The number of hydrogen-bond acceptors (Lipinski definition) is 4. The van der Waals surface area contributed by atoms with Gasteiger partial charge in [-0.1, -0.05) is 66.2 Å². The van der Waals surface area contributed by atoms with Gasteiger partial charge in [-0.05, 0) is 36.1 Å². The van der Waals surface area contributed by atoms with Crippen LogP contribution in [0, 0.1) is 22.2 Å². The second-order valence-corrected chi connectivity index (χ2v) is 8.63. The topological polar surface area (TPSA) is 110 Å². The molecule has 1 heterocycles. The number of halogens is 1. The van der Waals surface area contributed by atoms with Crippen molar-refractivity contribution in [1.29, 1.82) is 5.26 Å². The van der Waals surface area contributed by atoms with E-state index in [9.17, 15) is 25.1 Å². The lowest BCUT2D eigenvalue weighted by atomic mass is 9.54. The predicted molar refractivity (Wildman–Crippen MR) is 122 cm³/mol. The molecule has 0 spiro atoms. The zero-order chi connectivity index (χ0) is 23.2. The number of carboxylic acid groups (broad SMARTS) is 2. The average Bonchev–Trinajstić information content (AvgIpc) is 2.78. The molecule has 3 rings (SSSR count). The van der Waals surface area contributed by atoms with Gasteiger partial charge in [-0.15, -0.1) is 0 Å². The summed E-state index contributed by atoms with van der Waals surface area (Å²) < 4.78 is 0. The molecule has 0 aromatic heterocycles.